The fraction of sp³-hybridized carbons (Fsp3) is 0.125. The van der Waals surface area contributed by atoms with Crippen molar-refractivity contribution in [3.8, 4) is 0 Å². The van der Waals surface area contributed by atoms with Crippen LogP contribution in [0.5, 0.6) is 0 Å². The average Bonchev–Trinajstić information content (AvgIpc) is 2.92. The van der Waals surface area contributed by atoms with Crippen LogP contribution < -0.4 is 5.32 Å². The van der Waals surface area contributed by atoms with Crippen LogP contribution >= 0.6 is 0 Å². The van der Waals surface area contributed by atoms with Crippen molar-refractivity contribution in [2.24, 2.45) is 0 Å². The molecule has 2 aromatic carbocycles. The summed E-state index contributed by atoms with van der Waals surface area (Å²) in [5.41, 5.74) is 1.61. The van der Waals surface area contributed by atoms with Gasteiger partial charge in [0.25, 0.3) is 0 Å². The Bertz CT molecular complexity index is 797. The molecule has 1 aromatic heterocycles. The molecule has 1 N–H and O–H groups in total. The van der Waals surface area contributed by atoms with Crippen LogP contribution in [0, 0.1) is 11.6 Å². The largest absolute Gasteiger partial charge is 0.441 e. The lowest BCUT2D eigenvalue weighted by molar-refractivity contribution is -0.116. The monoisotopic (exact) mass is 302 g/mol. The summed E-state index contributed by atoms with van der Waals surface area (Å²) in [7, 11) is 0. The zero-order valence-corrected chi connectivity index (χ0v) is 11.5. The lowest BCUT2D eigenvalue weighted by atomic mass is 10.2. The number of para-hydroxylation sites is 2. The summed E-state index contributed by atoms with van der Waals surface area (Å²) in [4.78, 5) is 16.1. The molecule has 0 radical (unpaired) electrons. The molecule has 22 heavy (non-hydrogen) atoms. The summed E-state index contributed by atoms with van der Waals surface area (Å²) in [6, 6.07) is 10.5. The van der Waals surface area contributed by atoms with E-state index in [2.05, 4.69) is 10.3 Å². The number of rotatable bonds is 4. The van der Waals surface area contributed by atoms with Crippen LogP contribution in [0.1, 0.15) is 12.3 Å². The Labute approximate surface area is 124 Å². The number of carbonyl (C=O) groups is 1. The van der Waals surface area contributed by atoms with Crippen LogP contribution in [0.3, 0.4) is 0 Å². The van der Waals surface area contributed by atoms with Crippen LogP contribution in [0.15, 0.2) is 46.9 Å². The van der Waals surface area contributed by atoms with Gasteiger partial charge in [-0.15, -0.1) is 0 Å². The summed E-state index contributed by atoms with van der Waals surface area (Å²) in [6.45, 7) is 0. The van der Waals surface area contributed by atoms with Crippen molar-refractivity contribution in [2.45, 2.75) is 12.8 Å². The number of aryl methyl sites for hydroxylation is 1. The van der Waals surface area contributed by atoms with Crippen LogP contribution in [0.4, 0.5) is 14.5 Å². The minimum Gasteiger partial charge on any atom is -0.441 e. The molecule has 0 saturated heterocycles. The quantitative estimate of drug-likeness (QED) is 0.800. The number of amides is 1. The van der Waals surface area contributed by atoms with Crippen molar-refractivity contribution < 1.29 is 18.0 Å². The molecule has 0 aliphatic heterocycles. The van der Waals surface area contributed by atoms with Gasteiger partial charge in [0.1, 0.15) is 5.52 Å². The minimum atomic E-state index is -1.00. The number of nitrogens with zero attached hydrogens (tertiary/aromatic N) is 1. The number of anilines is 1. The second-order valence-electron chi connectivity index (χ2n) is 4.75. The molecule has 6 heteroatoms. The topological polar surface area (TPSA) is 55.1 Å². The van der Waals surface area contributed by atoms with Crippen LogP contribution in [-0.4, -0.2) is 10.9 Å². The molecule has 0 bridgehead atoms. The summed E-state index contributed by atoms with van der Waals surface area (Å²) in [5, 5.41) is 2.50. The molecule has 0 aliphatic rings. The van der Waals surface area contributed by atoms with E-state index < -0.39 is 11.6 Å². The van der Waals surface area contributed by atoms with E-state index in [9.17, 15) is 13.6 Å². The molecule has 112 valence electrons. The van der Waals surface area contributed by atoms with E-state index in [-0.39, 0.29) is 18.0 Å². The summed E-state index contributed by atoms with van der Waals surface area (Å²) in [5.74, 6) is -1.82. The van der Waals surface area contributed by atoms with Gasteiger partial charge in [0, 0.05) is 24.6 Å². The van der Waals surface area contributed by atoms with Gasteiger partial charge in [-0.3, -0.25) is 4.79 Å². The van der Waals surface area contributed by atoms with E-state index >= 15 is 0 Å². The molecule has 0 atom stereocenters. The molecule has 4 nitrogen and oxygen atoms in total. The summed E-state index contributed by atoms with van der Waals surface area (Å²) >= 11 is 0. The molecular formula is C16H12F2N2O2. The number of aromatic nitrogens is 1. The molecule has 3 rings (SSSR count). The first-order valence-electron chi connectivity index (χ1n) is 6.71. The second kappa shape index (κ2) is 5.93. The van der Waals surface area contributed by atoms with Crippen molar-refractivity contribution in [1.82, 2.24) is 4.98 Å². The third-order valence-electron chi connectivity index (χ3n) is 3.11. The number of benzene rings is 2. The predicted octanol–water partition coefficient (Wildman–Crippen LogP) is 3.68. The van der Waals surface area contributed by atoms with Gasteiger partial charge in [0.15, 0.2) is 23.1 Å². The van der Waals surface area contributed by atoms with E-state index in [1.807, 2.05) is 18.2 Å². The molecule has 0 spiro atoms. The highest BCUT2D eigenvalue weighted by atomic mass is 19.2. The Hall–Kier alpha value is -2.76. The fourth-order valence-corrected chi connectivity index (χ4v) is 2.04. The lowest BCUT2D eigenvalue weighted by Gasteiger charge is -2.04. The number of oxazole rings is 1. The fourth-order valence-electron chi connectivity index (χ4n) is 2.04. The van der Waals surface area contributed by atoms with Gasteiger partial charge in [-0.05, 0) is 24.3 Å². The van der Waals surface area contributed by atoms with Crippen LogP contribution in [0.2, 0.25) is 0 Å². The minimum absolute atomic E-state index is 0.131. The number of carbonyl (C=O) groups excluding carboxylic acids is 1. The maximum absolute atomic E-state index is 13.0. The molecule has 1 heterocycles. The van der Waals surface area contributed by atoms with E-state index in [4.69, 9.17) is 4.42 Å². The van der Waals surface area contributed by atoms with E-state index in [1.54, 1.807) is 6.07 Å². The van der Waals surface area contributed by atoms with Gasteiger partial charge >= 0.3 is 0 Å². The number of fused-ring (bicyclic) bond motifs is 1. The van der Waals surface area contributed by atoms with E-state index in [1.165, 1.54) is 6.07 Å². The van der Waals surface area contributed by atoms with Gasteiger partial charge in [-0.2, -0.15) is 0 Å². The summed E-state index contributed by atoms with van der Waals surface area (Å²) in [6.07, 6.45) is 0.454. The zero-order chi connectivity index (χ0) is 15.5. The van der Waals surface area contributed by atoms with Gasteiger partial charge in [0.05, 0.1) is 0 Å². The van der Waals surface area contributed by atoms with Crippen molar-refractivity contribution >= 4 is 22.7 Å². The number of hydrogen-bond donors (Lipinski definition) is 1. The van der Waals surface area contributed by atoms with Gasteiger partial charge in [0.2, 0.25) is 5.91 Å². The normalized spacial score (nSPS) is 10.8. The number of nitrogens with one attached hydrogen (secondary N) is 1. The van der Waals surface area contributed by atoms with Gasteiger partial charge in [-0.25, -0.2) is 13.8 Å². The smallest absolute Gasteiger partial charge is 0.224 e. The maximum atomic E-state index is 13.0. The Morgan fingerprint density at radius 1 is 1.14 bits per heavy atom. The molecular weight excluding hydrogens is 290 g/mol. The van der Waals surface area contributed by atoms with Crippen LogP contribution in [-0.2, 0) is 11.2 Å². The van der Waals surface area contributed by atoms with Gasteiger partial charge in [-0.1, -0.05) is 12.1 Å². The Morgan fingerprint density at radius 2 is 1.95 bits per heavy atom. The first-order chi connectivity index (χ1) is 10.6. The van der Waals surface area contributed by atoms with Gasteiger partial charge < -0.3 is 9.73 Å². The Balaban J connectivity index is 1.60. The van der Waals surface area contributed by atoms with Crippen LogP contribution in [0.25, 0.3) is 11.1 Å². The first-order valence-corrected chi connectivity index (χ1v) is 6.71. The predicted molar refractivity (Wildman–Crippen MR) is 77.3 cm³/mol. The SMILES string of the molecule is O=C(CCc1nc2ccccc2o1)Nc1ccc(F)c(F)c1. The third kappa shape index (κ3) is 3.11. The first kappa shape index (κ1) is 14.2. The molecule has 1 amide bonds. The number of halogens is 2. The third-order valence-corrected chi connectivity index (χ3v) is 3.11. The highest BCUT2D eigenvalue weighted by Gasteiger charge is 2.10. The van der Waals surface area contributed by atoms with Crippen molar-refractivity contribution in [1.29, 1.82) is 0 Å². The van der Waals surface area contributed by atoms with Crippen molar-refractivity contribution in [2.75, 3.05) is 5.32 Å². The number of hydrogen-bond acceptors (Lipinski definition) is 3. The summed E-state index contributed by atoms with van der Waals surface area (Å²) < 4.78 is 31.3. The Kier molecular flexibility index (Phi) is 3.82. The highest BCUT2D eigenvalue weighted by Crippen LogP contribution is 2.17. The molecule has 3 aromatic rings. The highest BCUT2D eigenvalue weighted by molar-refractivity contribution is 5.90. The molecule has 0 saturated carbocycles. The second-order valence-corrected chi connectivity index (χ2v) is 4.75. The lowest BCUT2D eigenvalue weighted by Crippen LogP contribution is -2.12. The van der Waals surface area contributed by atoms with E-state index in [0.717, 1.165) is 17.6 Å². The maximum Gasteiger partial charge on any atom is 0.224 e. The van der Waals surface area contributed by atoms with Crippen molar-refractivity contribution in [3.63, 3.8) is 0 Å². The van der Waals surface area contributed by atoms with E-state index in [0.29, 0.717) is 17.9 Å². The molecule has 0 fully saturated rings. The molecule has 0 aliphatic carbocycles. The Morgan fingerprint density at radius 3 is 2.73 bits per heavy atom. The average molecular weight is 302 g/mol. The molecule has 0 unspecified atom stereocenters. The standard InChI is InChI=1S/C16H12F2N2O2/c17-11-6-5-10(9-12(11)18)19-15(21)7-8-16-20-13-3-1-2-4-14(13)22-16/h1-6,9H,7-8H2,(H,19,21). The van der Waals surface area contributed by atoms with Crippen molar-refractivity contribution in [3.05, 3.63) is 60.0 Å². The zero-order valence-electron chi connectivity index (χ0n) is 11.5.